The Bertz CT molecular complexity index is 1090. The van der Waals surface area contributed by atoms with Crippen LogP contribution in [0.2, 0.25) is 0 Å². The first-order valence-corrected chi connectivity index (χ1v) is 13.0. The molecule has 0 saturated heterocycles. The molecule has 0 bridgehead atoms. The van der Waals surface area contributed by atoms with E-state index >= 15 is 0 Å². The highest BCUT2D eigenvalue weighted by atomic mass is 79.9. The lowest BCUT2D eigenvalue weighted by molar-refractivity contribution is -0.140. The number of halogens is 1. The zero-order valence-electron chi connectivity index (χ0n) is 19.5. The minimum atomic E-state index is -3.76. The smallest absolute Gasteiger partial charge is 0.244 e. The van der Waals surface area contributed by atoms with E-state index in [4.69, 9.17) is 4.74 Å². The van der Waals surface area contributed by atoms with Gasteiger partial charge in [0.1, 0.15) is 18.3 Å². The number of likely N-dealkylation sites (N-methyl/N-ethyl adjacent to an activating group) is 1. The summed E-state index contributed by atoms with van der Waals surface area (Å²) < 4.78 is 32.3. The first kappa shape index (κ1) is 26.7. The summed E-state index contributed by atoms with van der Waals surface area (Å²) in [5, 5.41) is 2.59. The predicted octanol–water partition coefficient (Wildman–Crippen LogP) is 3.09. The van der Waals surface area contributed by atoms with Crippen LogP contribution in [-0.2, 0) is 26.2 Å². The molecule has 1 N–H and O–H groups in total. The average Bonchev–Trinajstić information content (AvgIpc) is 2.78. The highest BCUT2D eigenvalue weighted by Gasteiger charge is 2.31. The molecule has 0 radical (unpaired) electrons. The number of anilines is 1. The van der Waals surface area contributed by atoms with Crippen molar-refractivity contribution in [3.8, 4) is 5.75 Å². The van der Waals surface area contributed by atoms with E-state index in [0.717, 1.165) is 26.2 Å². The molecule has 0 unspecified atom stereocenters. The second-order valence-corrected chi connectivity index (χ2v) is 10.4. The fraction of sp³-hybridized carbons (Fsp3) is 0.391. The molecule has 0 heterocycles. The van der Waals surface area contributed by atoms with Gasteiger partial charge < -0.3 is 15.0 Å². The minimum absolute atomic E-state index is 0.145. The van der Waals surface area contributed by atoms with Crippen LogP contribution in [0.4, 0.5) is 5.69 Å². The summed E-state index contributed by atoms with van der Waals surface area (Å²) >= 11 is 3.41. The maximum Gasteiger partial charge on any atom is 0.244 e. The number of rotatable bonds is 10. The molecule has 0 aromatic heterocycles. The number of hydrogen-bond donors (Lipinski definition) is 1. The Hall–Kier alpha value is -2.59. The molecule has 0 spiro atoms. The summed E-state index contributed by atoms with van der Waals surface area (Å²) in [6.45, 7) is 3.36. The number of methoxy groups -OCH3 is 1. The van der Waals surface area contributed by atoms with Crippen molar-refractivity contribution in [2.45, 2.75) is 32.9 Å². The van der Waals surface area contributed by atoms with Gasteiger partial charge in [-0.3, -0.25) is 13.9 Å². The lowest BCUT2D eigenvalue weighted by Gasteiger charge is -2.32. The Morgan fingerprint density at radius 3 is 2.27 bits per heavy atom. The van der Waals surface area contributed by atoms with E-state index < -0.39 is 28.5 Å². The van der Waals surface area contributed by atoms with E-state index in [-0.39, 0.29) is 12.5 Å². The Labute approximate surface area is 204 Å². The van der Waals surface area contributed by atoms with Crippen molar-refractivity contribution in [1.29, 1.82) is 0 Å². The van der Waals surface area contributed by atoms with Gasteiger partial charge in [-0.1, -0.05) is 35.0 Å². The third-order valence-electron chi connectivity index (χ3n) is 5.25. The van der Waals surface area contributed by atoms with Crippen molar-refractivity contribution in [2.75, 3.05) is 31.3 Å². The zero-order valence-corrected chi connectivity index (χ0v) is 21.9. The topological polar surface area (TPSA) is 96.0 Å². The molecule has 1 atom stereocenters. The van der Waals surface area contributed by atoms with Crippen molar-refractivity contribution in [2.24, 2.45) is 0 Å². The van der Waals surface area contributed by atoms with E-state index in [2.05, 4.69) is 21.2 Å². The standard InChI is InChI=1S/C23H30BrN3O5S/c1-6-21(23(29)25-3)26(14-17-7-10-19(32-4)11-8-17)22(28)15-27(33(5,30)31)18-9-12-20(24)16(2)13-18/h7-13,21H,6,14-15H2,1-5H3,(H,25,29)/t21-/m0/s1. The Kier molecular flexibility index (Phi) is 9.30. The van der Waals surface area contributed by atoms with Crippen molar-refractivity contribution < 1.29 is 22.7 Å². The fourth-order valence-corrected chi connectivity index (χ4v) is 4.50. The maximum atomic E-state index is 13.5. The molecule has 0 fully saturated rings. The van der Waals surface area contributed by atoms with Crippen LogP contribution in [0.25, 0.3) is 0 Å². The van der Waals surface area contributed by atoms with Gasteiger partial charge in [-0.25, -0.2) is 8.42 Å². The Morgan fingerprint density at radius 2 is 1.79 bits per heavy atom. The summed E-state index contributed by atoms with van der Waals surface area (Å²) in [7, 11) is -0.692. The van der Waals surface area contributed by atoms with Crippen molar-refractivity contribution in [1.82, 2.24) is 10.2 Å². The van der Waals surface area contributed by atoms with Crippen molar-refractivity contribution in [3.05, 3.63) is 58.1 Å². The Morgan fingerprint density at radius 1 is 1.15 bits per heavy atom. The van der Waals surface area contributed by atoms with Crippen LogP contribution >= 0.6 is 15.9 Å². The molecule has 2 rings (SSSR count). The third kappa shape index (κ3) is 6.94. The minimum Gasteiger partial charge on any atom is -0.497 e. The molecule has 33 heavy (non-hydrogen) atoms. The number of aryl methyl sites for hydroxylation is 1. The second kappa shape index (κ2) is 11.5. The van der Waals surface area contributed by atoms with E-state index in [1.54, 1.807) is 44.4 Å². The van der Waals surface area contributed by atoms with Crippen molar-refractivity contribution in [3.63, 3.8) is 0 Å². The lowest BCUT2D eigenvalue weighted by atomic mass is 10.1. The van der Waals surface area contributed by atoms with Gasteiger partial charge in [-0.05, 0) is 54.8 Å². The van der Waals surface area contributed by atoms with Gasteiger partial charge >= 0.3 is 0 Å². The molecule has 0 aliphatic rings. The summed E-state index contributed by atoms with van der Waals surface area (Å²) in [6.07, 6.45) is 1.43. The number of ether oxygens (including phenoxy) is 1. The summed E-state index contributed by atoms with van der Waals surface area (Å²) in [6, 6.07) is 11.5. The van der Waals surface area contributed by atoms with E-state index in [0.29, 0.717) is 17.9 Å². The van der Waals surface area contributed by atoms with Gasteiger partial charge in [0.15, 0.2) is 0 Å². The number of nitrogens with zero attached hydrogens (tertiary/aromatic N) is 2. The van der Waals surface area contributed by atoms with E-state index in [1.807, 2.05) is 19.1 Å². The van der Waals surface area contributed by atoms with Crippen LogP contribution in [0.15, 0.2) is 46.9 Å². The normalized spacial score (nSPS) is 12.1. The van der Waals surface area contributed by atoms with E-state index in [1.165, 1.54) is 11.9 Å². The maximum absolute atomic E-state index is 13.5. The van der Waals surface area contributed by atoms with Crippen LogP contribution in [0, 0.1) is 6.92 Å². The monoisotopic (exact) mass is 539 g/mol. The van der Waals surface area contributed by atoms with Crippen LogP contribution < -0.4 is 14.4 Å². The number of nitrogens with one attached hydrogen (secondary N) is 1. The summed E-state index contributed by atoms with van der Waals surface area (Å²) in [5.74, 6) is -0.124. The first-order valence-electron chi connectivity index (χ1n) is 10.4. The number of hydrogen-bond acceptors (Lipinski definition) is 5. The van der Waals surface area contributed by atoms with Gasteiger partial charge in [0.05, 0.1) is 19.1 Å². The first-order chi connectivity index (χ1) is 15.5. The molecule has 2 aromatic carbocycles. The lowest BCUT2D eigenvalue weighted by Crippen LogP contribution is -2.51. The van der Waals surface area contributed by atoms with Crippen LogP contribution in [0.1, 0.15) is 24.5 Å². The number of carbonyl (C=O) groups excluding carboxylic acids is 2. The molecule has 2 amide bonds. The van der Waals surface area contributed by atoms with Gasteiger partial charge in [-0.15, -0.1) is 0 Å². The molecule has 10 heteroatoms. The van der Waals surface area contributed by atoms with Gasteiger partial charge in [0, 0.05) is 18.1 Å². The SMILES string of the molecule is CC[C@@H](C(=O)NC)N(Cc1ccc(OC)cc1)C(=O)CN(c1ccc(Br)c(C)c1)S(C)(=O)=O. The van der Waals surface area contributed by atoms with Crippen LogP contribution in [0.3, 0.4) is 0 Å². The molecule has 0 aliphatic heterocycles. The van der Waals surface area contributed by atoms with Crippen LogP contribution in [0.5, 0.6) is 5.75 Å². The Balaban J connectivity index is 2.43. The van der Waals surface area contributed by atoms with Gasteiger partial charge in [-0.2, -0.15) is 0 Å². The van der Waals surface area contributed by atoms with Crippen LogP contribution in [-0.4, -0.2) is 58.1 Å². The zero-order chi connectivity index (χ0) is 24.8. The summed E-state index contributed by atoms with van der Waals surface area (Å²) in [4.78, 5) is 27.5. The van der Waals surface area contributed by atoms with Gasteiger partial charge in [0.25, 0.3) is 0 Å². The fourth-order valence-electron chi connectivity index (χ4n) is 3.41. The van der Waals surface area contributed by atoms with Gasteiger partial charge in [0.2, 0.25) is 21.8 Å². The van der Waals surface area contributed by atoms with E-state index in [9.17, 15) is 18.0 Å². The number of benzene rings is 2. The predicted molar refractivity (Wildman–Crippen MR) is 133 cm³/mol. The average molecular weight is 540 g/mol. The number of carbonyl (C=O) groups is 2. The molecule has 180 valence electrons. The van der Waals surface area contributed by atoms with Crippen molar-refractivity contribution >= 4 is 43.5 Å². The molecular formula is C23H30BrN3O5S. The molecule has 8 nitrogen and oxygen atoms in total. The highest BCUT2D eigenvalue weighted by molar-refractivity contribution is 9.10. The highest BCUT2D eigenvalue weighted by Crippen LogP contribution is 2.25. The summed E-state index contributed by atoms with van der Waals surface area (Å²) in [5.41, 5.74) is 2.00. The largest absolute Gasteiger partial charge is 0.497 e. The molecule has 0 aliphatic carbocycles. The molecular weight excluding hydrogens is 510 g/mol. The molecule has 0 saturated carbocycles. The third-order valence-corrected chi connectivity index (χ3v) is 7.28. The number of sulfonamides is 1. The quantitative estimate of drug-likeness (QED) is 0.500. The number of amides is 2. The molecule has 2 aromatic rings. The second-order valence-electron chi connectivity index (χ2n) is 7.61.